The van der Waals surface area contributed by atoms with Crippen molar-refractivity contribution in [2.45, 2.75) is 20.4 Å². The van der Waals surface area contributed by atoms with Gasteiger partial charge in [-0.05, 0) is 25.5 Å². The molecule has 1 heterocycles. The van der Waals surface area contributed by atoms with Crippen LogP contribution in [0.2, 0.25) is 0 Å². The van der Waals surface area contributed by atoms with Crippen LogP contribution in [0.3, 0.4) is 0 Å². The van der Waals surface area contributed by atoms with Crippen LogP contribution in [0, 0.1) is 13.8 Å². The van der Waals surface area contributed by atoms with Crippen molar-refractivity contribution in [1.29, 1.82) is 0 Å². The minimum atomic E-state index is -0.0450. The van der Waals surface area contributed by atoms with Gasteiger partial charge in [-0.25, -0.2) is 0 Å². The lowest BCUT2D eigenvalue weighted by molar-refractivity contribution is 0.0950. The van der Waals surface area contributed by atoms with Crippen molar-refractivity contribution in [2.75, 3.05) is 0 Å². The first-order chi connectivity index (χ1) is 8.56. The maximum atomic E-state index is 12.0. The van der Waals surface area contributed by atoms with Gasteiger partial charge >= 0.3 is 0 Å². The number of nitrogens with one attached hydrogen (secondary N) is 1. The Labute approximate surface area is 107 Å². The zero-order chi connectivity index (χ0) is 13.1. The number of nitrogens with zero attached hydrogens (tertiary/aromatic N) is 2. The third kappa shape index (κ3) is 2.77. The van der Waals surface area contributed by atoms with E-state index in [1.165, 1.54) is 0 Å². The molecule has 1 aromatic carbocycles. The molecule has 0 saturated carbocycles. The highest BCUT2D eigenvalue weighted by Crippen LogP contribution is 2.10. The van der Waals surface area contributed by atoms with E-state index in [2.05, 4.69) is 10.4 Å². The van der Waals surface area contributed by atoms with Gasteiger partial charge in [-0.1, -0.05) is 17.7 Å². The zero-order valence-corrected chi connectivity index (χ0v) is 10.9. The quantitative estimate of drug-likeness (QED) is 0.895. The van der Waals surface area contributed by atoms with Crippen LogP contribution in [0.5, 0.6) is 0 Å². The summed E-state index contributed by atoms with van der Waals surface area (Å²) in [4.78, 5) is 12.0. The number of benzene rings is 1. The van der Waals surface area contributed by atoms with Gasteiger partial charge in [0.25, 0.3) is 5.91 Å². The molecule has 0 saturated heterocycles. The van der Waals surface area contributed by atoms with Gasteiger partial charge in [-0.15, -0.1) is 0 Å². The Bertz CT molecular complexity index is 572. The Kier molecular flexibility index (Phi) is 3.46. The summed E-state index contributed by atoms with van der Waals surface area (Å²) in [5.74, 6) is -0.0450. The number of amides is 1. The molecule has 0 aliphatic heterocycles. The van der Waals surface area contributed by atoms with Gasteiger partial charge < -0.3 is 5.32 Å². The van der Waals surface area contributed by atoms with E-state index in [-0.39, 0.29) is 5.91 Å². The predicted octanol–water partition coefficient (Wildman–Crippen LogP) is 1.97. The number of carbonyl (C=O) groups excluding carboxylic acids is 1. The molecule has 0 unspecified atom stereocenters. The number of hydrogen-bond acceptors (Lipinski definition) is 2. The second-order valence-electron chi connectivity index (χ2n) is 4.52. The summed E-state index contributed by atoms with van der Waals surface area (Å²) in [7, 11) is 1.86. The number of carbonyl (C=O) groups is 1. The number of aromatic nitrogens is 2. The molecule has 1 aromatic heterocycles. The van der Waals surface area contributed by atoms with Gasteiger partial charge in [0.15, 0.2) is 0 Å². The van der Waals surface area contributed by atoms with Gasteiger partial charge in [0.1, 0.15) is 0 Å². The molecule has 0 bridgehead atoms. The molecule has 0 fully saturated rings. The fraction of sp³-hybridized carbons (Fsp3) is 0.286. The Morgan fingerprint density at radius 1 is 1.39 bits per heavy atom. The van der Waals surface area contributed by atoms with Crippen molar-refractivity contribution in [3.63, 3.8) is 0 Å². The third-order valence-corrected chi connectivity index (χ3v) is 2.84. The van der Waals surface area contributed by atoms with Crippen molar-refractivity contribution >= 4 is 5.91 Å². The van der Waals surface area contributed by atoms with Crippen LogP contribution in [0.25, 0.3) is 0 Å². The van der Waals surface area contributed by atoms with E-state index in [1.54, 1.807) is 10.9 Å². The van der Waals surface area contributed by atoms with E-state index in [1.807, 2.05) is 45.3 Å². The molecule has 2 rings (SSSR count). The second-order valence-corrected chi connectivity index (χ2v) is 4.52. The molecule has 4 heteroatoms. The summed E-state index contributed by atoms with van der Waals surface area (Å²) < 4.78 is 1.72. The summed E-state index contributed by atoms with van der Waals surface area (Å²) in [6.07, 6.45) is 3.64. The van der Waals surface area contributed by atoms with Crippen LogP contribution >= 0.6 is 0 Å². The Morgan fingerprint density at radius 3 is 2.78 bits per heavy atom. The molecule has 4 nitrogen and oxygen atoms in total. The van der Waals surface area contributed by atoms with Gasteiger partial charge in [0.05, 0.1) is 6.20 Å². The molecule has 0 aliphatic carbocycles. The lowest BCUT2D eigenvalue weighted by atomic mass is 10.1. The standard InChI is InChI=1S/C14H17N3O/c1-10-4-5-13(11(2)6-10)14(18)15-7-12-8-16-17(3)9-12/h4-6,8-9H,7H2,1-3H3,(H,15,18). The monoisotopic (exact) mass is 243 g/mol. The molecular formula is C14H17N3O. The smallest absolute Gasteiger partial charge is 0.251 e. The van der Waals surface area contributed by atoms with Gasteiger partial charge in [0.2, 0.25) is 0 Å². The van der Waals surface area contributed by atoms with Crippen LogP contribution in [0.1, 0.15) is 27.0 Å². The fourth-order valence-corrected chi connectivity index (χ4v) is 1.91. The maximum absolute atomic E-state index is 12.0. The van der Waals surface area contributed by atoms with Crippen molar-refractivity contribution in [3.05, 3.63) is 52.8 Å². The number of rotatable bonds is 3. The molecule has 1 N–H and O–H groups in total. The summed E-state index contributed by atoms with van der Waals surface area (Å²) in [5, 5.41) is 6.96. The van der Waals surface area contributed by atoms with Crippen molar-refractivity contribution in [3.8, 4) is 0 Å². The number of hydrogen-bond donors (Lipinski definition) is 1. The first-order valence-corrected chi connectivity index (χ1v) is 5.89. The fourth-order valence-electron chi connectivity index (χ4n) is 1.91. The summed E-state index contributed by atoms with van der Waals surface area (Å²) in [6, 6.07) is 5.83. The van der Waals surface area contributed by atoms with Crippen molar-refractivity contribution < 1.29 is 4.79 Å². The Hall–Kier alpha value is -2.10. The Balaban J connectivity index is 2.03. The lowest BCUT2D eigenvalue weighted by Gasteiger charge is -2.07. The first-order valence-electron chi connectivity index (χ1n) is 5.89. The molecule has 0 radical (unpaired) electrons. The SMILES string of the molecule is Cc1ccc(C(=O)NCc2cnn(C)c2)c(C)c1. The molecule has 0 aliphatic rings. The van der Waals surface area contributed by atoms with Crippen LogP contribution in [-0.2, 0) is 13.6 Å². The van der Waals surface area contributed by atoms with Crippen molar-refractivity contribution in [2.24, 2.45) is 7.05 Å². The molecule has 94 valence electrons. The highest BCUT2D eigenvalue weighted by molar-refractivity contribution is 5.95. The van der Waals surface area contributed by atoms with E-state index in [4.69, 9.17) is 0 Å². The molecular weight excluding hydrogens is 226 g/mol. The van der Waals surface area contributed by atoms with Gasteiger partial charge in [0, 0.05) is 30.9 Å². The Morgan fingerprint density at radius 2 is 2.17 bits per heavy atom. The predicted molar refractivity (Wildman–Crippen MR) is 70.3 cm³/mol. The zero-order valence-electron chi connectivity index (χ0n) is 10.9. The average molecular weight is 243 g/mol. The minimum absolute atomic E-state index is 0.0450. The van der Waals surface area contributed by atoms with Crippen LogP contribution in [0.4, 0.5) is 0 Å². The minimum Gasteiger partial charge on any atom is -0.348 e. The second kappa shape index (κ2) is 5.04. The average Bonchev–Trinajstić information content (AvgIpc) is 2.72. The molecule has 0 atom stereocenters. The summed E-state index contributed by atoms with van der Waals surface area (Å²) in [5.41, 5.74) is 3.88. The lowest BCUT2D eigenvalue weighted by Crippen LogP contribution is -2.23. The van der Waals surface area contributed by atoms with Crippen molar-refractivity contribution in [1.82, 2.24) is 15.1 Å². The summed E-state index contributed by atoms with van der Waals surface area (Å²) in [6.45, 7) is 4.47. The van der Waals surface area contributed by atoms with E-state index >= 15 is 0 Å². The molecule has 18 heavy (non-hydrogen) atoms. The molecule has 1 amide bonds. The van der Waals surface area contributed by atoms with E-state index < -0.39 is 0 Å². The third-order valence-electron chi connectivity index (χ3n) is 2.84. The largest absolute Gasteiger partial charge is 0.348 e. The van der Waals surface area contributed by atoms with Crippen LogP contribution < -0.4 is 5.32 Å². The van der Waals surface area contributed by atoms with Gasteiger partial charge in [-0.3, -0.25) is 9.48 Å². The topological polar surface area (TPSA) is 46.9 Å². The van der Waals surface area contributed by atoms with E-state index in [9.17, 15) is 4.79 Å². The van der Waals surface area contributed by atoms with Crippen LogP contribution in [-0.4, -0.2) is 15.7 Å². The molecule has 0 spiro atoms. The molecule has 2 aromatic rings. The normalized spacial score (nSPS) is 10.4. The highest BCUT2D eigenvalue weighted by atomic mass is 16.1. The van der Waals surface area contributed by atoms with Crippen LogP contribution in [0.15, 0.2) is 30.6 Å². The number of aryl methyl sites for hydroxylation is 3. The van der Waals surface area contributed by atoms with Gasteiger partial charge in [-0.2, -0.15) is 5.10 Å². The highest BCUT2D eigenvalue weighted by Gasteiger charge is 2.08. The van der Waals surface area contributed by atoms with E-state index in [0.29, 0.717) is 6.54 Å². The maximum Gasteiger partial charge on any atom is 0.251 e. The summed E-state index contributed by atoms with van der Waals surface area (Å²) >= 11 is 0. The van der Waals surface area contributed by atoms with E-state index in [0.717, 1.165) is 22.3 Å². The first kappa shape index (κ1) is 12.4.